The van der Waals surface area contributed by atoms with Crippen molar-refractivity contribution in [3.63, 3.8) is 0 Å². The van der Waals surface area contributed by atoms with E-state index in [1.54, 1.807) is 41.9 Å². The Bertz CT molecular complexity index is 1850. The van der Waals surface area contributed by atoms with Crippen LogP contribution in [0.5, 0.6) is 0 Å². The molecule has 0 unspecified atom stereocenters. The molecule has 0 aliphatic heterocycles. The predicted molar refractivity (Wildman–Crippen MR) is 173 cm³/mol. The summed E-state index contributed by atoms with van der Waals surface area (Å²) in [6.07, 6.45) is -3.15. The second kappa shape index (κ2) is 17.2. The summed E-state index contributed by atoms with van der Waals surface area (Å²) in [7, 11) is 0. The van der Waals surface area contributed by atoms with Crippen molar-refractivity contribution < 1.29 is 37.0 Å². The number of ether oxygens (including phenoxy) is 3. The van der Waals surface area contributed by atoms with E-state index in [0.717, 1.165) is 16.7 Å². The van der Waals surface area contributed by atoms with Crippen molar-refractivity contribution in [2.45, 2.75) is 20.0 Å². The van der Waals surface area contributed by atoms with Crippen LogP contribution in [0.25, 0.3) is 22.6 Å². The maximum absolute atomic E-state index is 13.8. The Morgan fingerprint density at radius 2 is 1.51 bits per heavy atom. The van der Waals surface area contributed by atoms with Gasteiger partial charge in [0.15, 0.2) is 0 Å². The van der Waals surface area contributed by atoms with E-state index < -0.39 is 23.2 Å². The van der Waals surface area contributed by atoms with Gasteiger partial charge in [0, 0.05) is 37.0 Å². The molecule has 2 aromatic carbocycles. The van der Waals surface area contributed by atoms with Gasteiger partial charge in [0.1, 0.15) is 5.56 Å². The second-order valence-corrected chi connectivity index (χ2v) is 10.6. The molecule has 0 aliphatic carbocycles. The van der Waals surface area contributed by atoms with Gasteiger partial charge in [0.05, 0.1) is 74.4 Å². The van der Waals surface area contributed by atoms with Gasteiger partial charge in [-0.15, -0.1) is 0 Å². The van der Waals surface area contributed by atoms with Crippen molar-refractivity contribution >= 4 is 11.8 Å². The molecular formula is C34H35F3N6O6. The topological polar surface area (TPSA) is 150 Å². The Balaban J connectivity index is 1.50. The number of nitrogens with zero attached hydrogens (tertiary/aromatic N) is 4. The number of benzene rings is 2. The Hall–Kier alpha value is -5.30. The number of pyridine rings is 1. The average Bonchev–Trinajstić information content (AvgIpc) is 3.56. The van der Waals surface area contributed by atoms with Gasteiger partial charge in [-0.25, -0.2) is 4.68 Å². The Labute approximate surface area is 280 Å². The molecule has 4 rings (SSSR count). The zero-order valence-electron chi connectivity index (χ0n) is 26.9. The number of amides is 2. The van der Waals surface area contributed by atoms with Gasteiger partial charge in [-0.2, -0.15) is 23.5 Å². The van der Waals surface area contributed by atoms with Crippen LogP contribution in [0.4, 0.5) is 13.2 Å². The highest BCUT2D eigenvalue weighted by atomic mass is 19.4. The average molecular weight is 681 g/mol. The third-order valence-electron chi connectivity index (χ3n) is 7.18. The van der Waals surface area contributed by atoms with Crippen molar-refractivity contribution in [2.75, 3.05) is 52.7 Å². The second-order valence-electron chi connectivity index (χ2n) is 10.6. The van der Waals surface area contributed by atoms with Crippen LogP contribution in [0.3, 0.4) is 0 Å². The zero-order valence-corrected chi connectivity index (χ0v) is 26.9. The number of rotatable bonds is 16. The fraction of sp³-hybridized carbons (Fsp3) is 0.324. The molecule has 2 heterocycles. The van der Waals surface area contributed by atoms with Crippen LogP contribution < -0.4 is 16.2 Å². The first-order valence-electron chi connectivity index (χ1n) is 15.3. The van der Waals surface area contributed by atoms with Crippen LogP contribution >= 0.6 is 0 Å². The number of carbonyl (C=O) groups is 2. The van der Waals surface area contributed by atoms with Gasteiger partial charge in [0.2, 0.25) is 5.91 Å². The van der Waals surface area contributed by atoms with E-state index in [0.29, 0.717) is 48.9 Å². The first kappa shape index (κ1) is 36.5. The van der Waals surface area contributed by atoms with Gasteiger partial charge in [-0.05, 0) is 61.5 Å². The fourth-order valence-electron chi connectivity index (χ4n) is 4.82. The quantitative estimate of drug-likeness (QED) is 0.170. The number of nitriles is 1. The minimum Gasteiger partial charge on any atom is -0.377 e. The molecule has 49 heavy (non-hydrogen) atoms. The third kappa shape index (κ3) is 9.86. The van der Waals surface area contributed by atoms with Gasteiger partial charge < -0.3 is 24.8 Å². The summed E-state index contributed by atoms with van der Waals surface area (Å²) in [5, 5.41) is 18.8. The summed E-state index contributed by atoms with van der Waals surface area (Å²) in [6.45, 7) is 5.11. The molecule has 0 saturated carbocycles. The van der Waals surface area contributed by atoms with Gasteiger partial charge in [0.25, 0.3) is 11.5 Å². The minimum atomic E-state index is -4.66. The maximum atomic E-state index is 13.8. The van der Waals surface area contributed by atoms with Crippen LogP contribution in [0, 0.1) is 18.3 Å². The highest BCUT2D eigenvalue weighted by Gasteiger charge is 2.31. The highest BCUT2D eigenvalue weighted by Crippen LogP contribution is 2.32. The maximum Gasteiger partial charge on any atom is 0.416 e. The monoisotopic (exact) mass is 680 g/mol. The van der Waals surface area contributed by atoms with Crippen LogP contribution in [-0.4, -0.2) is 78.9 Å². The molecule has 0 aliphatic rings. The van der Waals surface area contributed by atoms with Crippen LogP contribution in [0.15, 0.2) is 71.7 Å². The largest absolute Gasteiger partial charge is 0.416 e. The molecule has 0 radical (unpaired) electrons. The van der Waals surface area contributed by atoms with Gasteiger partial charge in [-0.3, -0.25) is 19.0 Å². The highest BCUT2D eigenvalue weighted by molar-refractivity contribution is 5.95. The third-order valence-corrected chi connectivity index (χ3v) is 7.18. The molecule has 0 spiro atoms. The molecule has 2 aromatic heterocycles. The number of halogens is 3. The van der Waals surface area contributed by atoms with Crippen LogP contribution in [-0.2, 0) is 25.2 Å². The van der Waals surface area contributed by atoms with Crippen molar-refractivity contribution in [2.24, 2.45) is 0 Å². The van der Waals surface area contributed by atoms with Crippen LogP contribution in [0.1, 0.15) is 34.1 Å². The standard InChI is InChI=1S/C34H35F3N6O6/c1-23-29(31-10-11-41-43(31)27-8-6-25(22-38)7-9-27)21-30(33(46)42(23)28-5-3-4-26(20-28)34(35,36)37)32(45)40-13-15-48-17-19-49-18-16-47-14-12-39-24(2)44/h3-11,20-21H,12-19H2,1-2H3,(H,39,44)(H,40,45). The first-order valence-corrected chi connectivity index (χ1v) is 15.3. The SMILES string of the molecule is CC(=O)NCCOCCOCCOCCNC(=O)c1cc(-c2ccnn2-c2ccc(C#N)cc2)c(C)n(-c2cccc(C(F)(F)F)c2)c1=O. The lowest BCUT2D eigenvalue weighted by molar-refractivity contribution is -0.137. The van der Waals surface area contributed by atoms with E-state index in [-0.39, 0.29) is 49.2 Å². The molecule has 2 amide bonds. The lowest BCUT2D eigenvalue weighted by Gasteiger charge is -2.19. The summed E-state index contributed by atoms with van der Waals surface area (Å²) in [5.41, 5.74) is -0.0125. The number of carbonyl (C=O) groups excluding carboxylic acids is 2. The normalized spacial score (nSPS) is 11.3. The molecular weight excluding hydrogens is 645 g/mol. The van der Waals surface area contributed by atoms with Gasteiger partial charge >= 0.3 is 6.18 Å². The van der Waals surface area contributed by atoms with Crippen LogP contribution in [0.2, 0.25) is 0 Å². The summed E-state index contributed by atoms with van der Waals surface area (Å²) in [4.78, 5) is 38.0. The molecule has 0 atom stereocenters. The Morgan fingerprint density at radius 1 is 0.878 bits per heavy atom. The fourth-order valence-corrected chi connectivity index (χ4v) is 4.82. The molecule has 0 bridgehead atoms. The number of hydrogen-bond acceptors (Lipinski definition) is 8. The van der Waals surface area contributed by atoms with Crippen molar-refractivity contribution in [1.82, 2.24) is 25.0 Å². The molecule has 258 valence electrons. The smallest absolute Gasteiger partial charge is 0.377 e. The Morgan fingerprint density at radius 3 is 2.12 bits per heavy atom. The first-order chi connectivity index (χ1) is 23.5. The van der Waals surface area contributed by atoms with Crippen molar-refractivity contribution in [3.8, 4) is 28.7 Å². The van der Waals surface area contributed by atoms with E-state index in [9.17, 15) is 32.8 Å². The molecule has 0 saturated heterocycles. The lowest BCUT2D eigenvalue weighted by Crippen LogP contribution is -2.35. The molecule has 12 nitrogen and oxygen atoms in total. The summed E-state index contributed by atoms with van der Waals surface area (Å²) >= 11 is 0. The summed E-state index contributed by atoms with van der Waals surface area (Å²) in [6, 6.07) is 16.0. The molecule has 2 N–H and O–H groups in total. The van der Waals surface area contributed by atoms with E-state index in [1.165, 1.54) is 31.3 Å². The van der Waals surface area contributed by atoms with E-state index in [4.69, 9.17) is 14.2 Å². The summed E-state index contributed by atoms with van der Waals surface area (Å²) < 4.78 is 59.8. The number of hydrogen-bond donors (Lipinski definition) is 2. The van der Waals surface area contributed by atoms with Crippen molar-refractivity contribution in [1.29, 1.82) is 5.26 Å². The minimum absolute atomic E-state index is 0.0421. The van der Waals surface area contributed by atoms with Crippen molar-refractivity contribution in [3.05, 3.63) is 99.6 Å². The molecule has 15 heteroatoms. The zero-order chi connectivity index (χ0) is 35.4. The molecule has 4 aromatic rings. The van der Waals surface area contributed by atoms with E-state index in [1.807, 2.05) is 6.07 Å². The lowest BCUT2D eigenvalue weighted by atomic mass is 10.0. The predicted octanol–water partition coefficient (Wildman–Crippen LogP) is 3.80. The Kier molecular flexibility index (Phi) is 12.8. The number of aromatic nitrogens is 3. The van der Waals surface area contributed by atoms with E-state index in [2.05, 4.69) is 15.7 Å². The number of nitrogens with one attached hydrogen (secondary N) is 2. The summed E-state index contributed by atoms with van der Waals surface area (Å²) in [5.74, 6) is -0.874. The van der Waals surface area contributed by atoms with E-state index >= 15 is 0 Å². The number of alkyl halides is 3. The molecule has 0 fully saturated rings. The van der Waals surface area contributed by atoms with Gasteiger partial charge in [-0.1, -0.05) is 6.07 Å².